The van der Waals surface area contributed by atoms with Crippen molar-refractivity contribution in [3.05, 3.63) is 94.5 Å². The third-order valence-electron chi connectivity index (χ3n) is 6.05. The number of rotatable bonds is 9. The van der Waals surface area contributed by atoms with Gasteiger partial charge in [-0.1, -0.05) is 30.3 Å². The number of halogens is 3. The van der Waals surface area contributed by atoms with E-state index in [1.165, 1.54) is 23.3 Å². The van der Waals surface area contributed by atoms with Crippen molar-refractivity contribution in [1.82, 2.24) is 0 Å². The molecule has 4 rings (SSSR count). The molecule has 0 spiro atoms. The lowest BCUT2D eigenvalue weighted by atomic mass is 9.98. The van der Waals surface area contributed by atoms with Gasteiger partial charge in [-0.05, 0) is 84.3 Å². The molecule has 4 nitrogen and oxygen atoms in total. The Morgan fingerprint density at radius 1 is 0.886 bits per heavy atom. The Morgan fingerprint density at radius 3 is 2.11 bits per heavy atom. The van der Waals surface area contributed by atoms with Gasteiger partial charge in [0, 0.05) is 0 Å². The van der Waals surface area contributed by atoms with Crippen LogP contribution < -0.4 is 9.47 Å². The van der Waals surface area contributed by atoms with E-state index in [-0.39, 0.29) is 18.5 Å². The summed E-state index contributed by atoms with van der Waals surface area (Å²) in [6.07, 6.45) is -2.08. The van der Waals surface area contributed by atoms with Crippen LogP contribution in [0.5, 0.6) is 11.5 Å². The molecule has 3 aromatic carbocycles. The minimum Gasteiger partial charge on any atom is -0.489 e. The molecule has 35 heavy (non-hydrogen) atoms. The van der Waals surface area contributed by atoms with E-state index >= 15 is 0 Å². The van der Waals surface area contributed by atoms with Crippen LogP contribution in [0.15, 0.2) is 66.7 Å². The van der Waals surface area contributed by atoms with Crippen LogP contribution in [-0.2, 0) is 35.3 Å². The molecule has 1 aliphatic rings. The molecular weight excluding hydrogens is 457 g/mol. The summed E-state index contributed by atoms with van der Waals surface area (Å²) < 4.78 is 54.7. The number of alkyl halides is 3. The predicted molar refractivity (Wildman–Crippen MR) is 125 cm³/mol. The normalized spacial score (nSPS) is 14.9. The topological polar surface area (TPSA) is 44.8 Å². The van der Waals surface area contributed by atoms with Crippen LogP contribution >= 0.6 is 0 Å². The van der Waals surface area contributed by atoms with Crippen molar-refractivity contribution in [2.24, 2.45) is 0 Å². The molecule has 184 valence electrons. The fourth-order valence-electron chi connectivity index (χ4n) is 4.21. The summed E-state index contributed by atoms with van der Waals surface area (Å²) in [6, 6.07) is 18.4. The Labute approximate surface area is 202 Å². The van der Waals surface area contributed by atoms with Crippen molar-refractivity contribution >= 4 is 5.97 Å². The first-order valence-corrected chi connectivity index (χ1v) is 11.6. The van der Waals surface area contributed by atoms with Gasteiger partial charge in [0.05, 0.1) is 18.6 Å². The van der Waals surface area contributed by atoms with Crippen LogP contribution in [0.2, 0.25) is 0 Å². The second-order valence-electron chi connectivity index (χ2n) is 8.52. The van der Waals surface area contributed by atoms with Crippen molar-refractivity contribution in [3.63, 3.8) is 0 Å². The van der Waals surface area contributed by atoms with Crippen LogP contribution in [0.1, 0.15) is 53.5 Å². The Hall–Kier alpha value is -3.48. The Morgan fingerprint density at radius 2 is 1.49 bits per heavy atom. The molecule has 1 aliphatic carbocycles. The molecule has 0 fully saturated rings. The summed E-state index contributed by atoms with van der Waals surface area (Å²) in [6.45, 7) is 2.79. The minimum absolute atomic E-state index is 0.155. The maximum Gasteiger partial charge on any atom is 0.416 e. The van der Waals surface area contributed by atoms with Crippen LogP contribution in [-0.4, -0.2) is 12.6 Å². The van der Waals surface area contributed by atoms with Gasteiger partial charge in [0.1, 0.15) is 24.7 Å². The number of hydrogen-bond donors (Lipinski definition) is 0. The average Bonchev–Trinajstić information content (AvgIpc) is 3.23. The van der Waals surface area contributed by atoms with Gasteiger partial charge >= 0.3 is 12.1 Å². The van der Waals surface area contributed by atoms with Gasteiger partial charge in [-0.25, -0.2) is 0 Å². The third-order valence-corrected chi connectivity index (χ3v) is 6.05. The minimum atomic E-state index is -4.34. The lowest BCUT2D eigenvalue weighted by Gasteiger charge is -2.12. The molecule has 0 aliphatic heterocycles. The number of hydrogen-bond acceptors (Lipinski definition) is 4. The molecule has 0 heterocycles. The van der Waals surface area contributed by atoms with E-state index in [1.807, 2.05) is 49.4 Å². The number of ether oxygens (including phenoxy) is 3. The fraction of sp³-hybridized carbons (Fsp3) is 0.321. The zero-order valence-electron chi connectivity index (χ0n) is 19.4. The van der Waals surface area contributed by atoms with Crippen molar-refractivity contribution in [1.29, 1.82) is 0 Å². The van der Waals surface area contributed by atoms with Crippen molar-refractivity contribution < 1.29 is 32.2 Å². The zero-order valence-corrected chi connectivity index (χ0v) is 19.4. The van der Waals surface area contributed by atoms with E-state index in [1.54, 1.807) is 0 Å². The molecule has 0 bridgehead atoms. The second-order valence-corrected chi connectivity index (χ2v) is 8.52. The molecule has 0 radical (unpaired) electrons. The summed E-state index contributed by atoms with van der Waals surface area (Å²) in [5.41, 5.74) is 3.35. The molecule has 0 amide bonds. The molecule has 7 heteroatoms. The average molecular weight is 485 g/mol. The van der Waals surface area contributed by atoms with Crippen molar-refractivity contribution in [3.8, 4) is 11.5 Å². The lowest BCUT2D eigenvalue weighted by molar-refractivity contribution is -0.143. The maximum absolute atomic E-state index is 12.7. The largest absolute Gasteiger partial charge is 0.489 e. The van der Waals surface area contributed by atoms with Gasteiger partial charge in [0.2, 0.25) is 0 Å². The Bertz CT molecular complexity index is 1140. The van der Waals surface area contributed by atoms with Gasteiger partial charge in [0.15, 0.2) is 0 Å². The maximum atomic E-state index is 12.7. The van der Waals surface area contributed by atoms with Gasteiger partial charge in [-0.3, -0.25) is 4.79 Å². The van der Waals surface area contributed by atoms with Gasteiger partial charge in [-0.15, -0.1) is 0 Å². The van der Waals surface area contributed by atoms with E-state index in [4.69, 9.17) is 14.2 Å². The highest BCUT2D eigenvalue weighted by Gasteiger charge is 2.30. The number of carbonyl (C=O) groups excluding carboxylic acids is 1. The van der Waals surface area contributed by atoms with E-state index in [9.17, 15) is 18.0 Å². The van der Waals surface area contributed by atoms with Gasteiger partial charge in [0.25, 0.3) is 0 Å². The highest BCUT2D eigenvalue weighted by Crippen LogP contribution is 2.37. The van der Waals surface area contributed by atoms with E-state index in [2.05, 4.69) is 0 Å². The highest BCUT2D eigenvalue weighted by molar-refractivity contribution is 5.71. The summed E-state index contributed by atoms with van der Waals surface area (Å²) in [5, 5.41) is 0. The fourth-order valence-corrected chi connectivity index (χ4v) is 4.21. The Kier molecular flexibility index (Phi) is 7.63. The SMILES string of the molecule is CCOC(=O)CC1CCc2cc(OCc3ccc(OCc4ccc(C(F)(F)F)cc4)cc3)ccc21. The van der Waals surface area contributed by atoms with Crippen LogP contribution in [0.3, 0.4) is 0 Å². The Balaban J connectivity index is 1.27. The van der Waals surface area contributed by atoms with Crippen molar-refractivity contribution in [2.45, 2.75) is 51.5 Å². The number of fused-ring (bicyclic) bond motifs is 1. The van der Waals surface area contributed by atoms with Gasteiger partial charge in [-0.2, -0.15) is 13.2 Å². The smallest absolute Gasteiger partial charge is 0.416 e. The summed E-state index contributed by atoms with van der Waals surface area (Å²) >= 11 is 0. The number of esters is 1. The van der Waals surface area contributed by atoms with Crippen LogP contribution in [0.4, 0.5) is 13.2 Å². The monoisotopic (exact) mass is 484 g/mol. The van der Waals surface area contributed by atoms with Gasteiger partial charge < -0.3 is 14.2 Å². The quantitative estimate of drug-likeness (QED) is 0.312. The molecule has 0 N–H and O–H groups in total. The van der Waals surface area contributed by atoms with E-state index in [0.717, 1.165) is 36.3 Å². The number of benzene rings is 3. The molecular formula is C28H27F3O4. The highest BCUT2D eigenvalue weighted by atomic mass is 19.4. The molecule has 1 unspecified atom stereocenters. The summed E-state index contributed by atoms with van der Waals surface area (Å²) in [7, 11) is 0. The van der Waals surface area contributed by atoms with E-state index < -0.39 is 11.7 Å². The lowest BCUT2D eigenvalue weighted by Crippen LogP contribution is -2.08. The molecule has 0 saturated carbocycles. The second kappa shape index (κ2) is 10.8. The van der Waals surface area contributed by atoms with Crippen LogP contribution in [0, 0.1) is 0 Å². The standard InChI is InChI=1S/C28H27F3O4/c1-2-33-27(32)16-22-8-7-21-15-25(13-14-26(21)22)35-18-20-5-11-24(12-6-20)34-17-19-3-9-23(10-4-19)28(29,30)31/h3-6,9-15,22H,2,7-8,16-18H2,1H3. The molecule has 3 aromatic rings. The van der Waals surface area contributed by atoms with Crippen LogP contribution in [0.25, 0.3) is 0 Å². The number of aryl methyl sites for hydroxylation is 1. The number of carbonyl (C=O) groups is 1. The van der Waals surface area contributed by atoms with Crippen molar-refractivity contribution in [2.75, 3.05) is 6.61 Å². The predicted octanol–water partition coefficient (Wildman–Crippen LogP) is 6.85. The molecule has 0 aromatic heterocycles. The van der Waals surface area contributed by atoms with E-state index in [0.29, 0.717) is 30.9 Å². The molecule has 0 saturated heterocycles. The summed E-state index contributed by atoms with van der Waals surface area (Å²) in [5.74, 6) is 1.45. The first-order chi connectivity index (χ1) is 16.8. The first kappa shape index (κ1) is 24.6. The molecule has 1 atom stereocenters. The zero-order chi connectivity index (χ0) is 24.8. The first-order valence-electron chi connectivity index (χ1n) is 11.6. The third kappa shape index (κ3) is 6.56. The summed E-state index contributed by atoms with van der Waals surface area (Å²) in [4.78, 5) is 11.8.